The number of anilines is 1. The molecule has 1 aromatic carbocycles. The van der Waals surface area contributed by atoms with Gasteiger partial charge in [-0.3, -0.25) is 0 Å². The molecule has 98 valence electrons. The van der Waals surface area contributed by atoms with Crippen LogP contribution in [0.4, 0.5) is 5.69 Å². The number of benzene rings is 1. The van der Waals surface area contributed by atoms with Crippen LogP contribution in [0.15, 0.2) is 18.2 Å². The molecule has 0 radical (unpaired) electrons. The minimum Gasteiger partial charge on any atom is -0.478 e. The third kappa shape index (κ3) is 2.82. The standard InChI is InChI=1S/C14H19NO3/c1-2-18-9-8-15-7-3-4-11-10-12(14(16)17)5-6-13(11)15/h5-6,10H,2-4,7-9H2,1H3,(H,16,17). The zero-order valence-electron chi connectivity index (χ0n) is 10.7. The van der Waals surface area contributed by atoms with E-state index in [4.69, 9.17) is 9.84 Å². The molecule has 0 unspecified atom stereocenters. The van der Waals surface area contributed by atoms with Crippen LogP contribution in [-0.4, -0.2) is 37.4 Å². The number of carboxylic acids is 1. The molecular formula is C14H19NO3. The summed E-state index contributed by atoms with van der Waals surface area (Å²) in [7, 11) is 0. The average Bonchev–Trinajstić information content (AvgIpc) is 2.38. The maximum Gasteiger partial charge on any atom is 0.335 e. The Balaban J connectivity index is 2.14. The lowest BCUT2D eigenvalue weighted by Crippen LogP contribution is -2.32. The van der Waals surface area contributed by atoms with Crippen molar-refractivity contribution >= 4 is 11.7 Å². The van der Waals surface area contributed by atoms with Gasteiger partial charge in [-0.25, -0.2) is 4.79 Å². The third-order valence-electron chi connectivity index (χ3n) is 3.25. The molecular weight excluding hydrogens is 230 g/mol. The van der Waals surface area contributed by atoms with Gasteiger partial charge in [-0.05, 0) is 43.5 Å². The lowest BCUT2D eigenvalue weighted by Gasteiger charge is -2.31. The van der Waals surface area contributed by atoms with Crippen LogP contribution >= 0.6 is 0 Å². The molecule has 0 aliphatic carbocycles. The number of rotatable bonds is 5. The van der Waals surface area contributed by atoms with E-state index in [-0.39, 0.29) is 0 Å². The second kappa shape index (κ2) is 5.87. The summed E-state index contributed by atoms with van der Waals surface area (Å²) in [5.41, 5.74) is 2.67. The quantitative estimate of drug-likeness (QED) is 0.813. The van der Waals surface area contributed by atoms with Crippen molar-refractivity contribution in [2.45, 2.75) is 19.8 Å². The SMILES string of the molecule is CCOCCN1CCCc2cc(C(=O)O)ccc21. The van der Waals surface area contributed by atoms with E-state index in [2.05, 4.69) is 4.90 Å². The van der Waals surface area contributed by atoms with Crippen molar-refractivity contribution in [3.63, 3.8) is 0 Å². The van der Waals surface area contributed by atoms with Crippen molar-refractivity contribution < 1.29 is 14.6 Å². The largest absolute Gasteiger partial charge is 0.478 e. The highest BCUT2D eigenvalue weighted by atomic mass is 16.5. The first-order valence-electron chi connectivity index (χ1n) is 6.41. The zero-order chi connectivity index (χ0) is 13.0. The van der Waals surface area contributed by atoms with E-state index < -0.39 is 5.97 Å². The second-order valence-corrected chi connectivity index (χ2v) is 4.44. The van der Waals surface area contributed by atoms with E-state index >= 15 is 0 Å². The Morgan fingerprint density at radius 3 is 3.06 bits per heavy atom. The molecule has 0 atom stereocenters. The highest BCUT2D eigenvalue weighted by Gasteiger charge is 2.17. The second-order valence-electron chi connectivity index (χ2n) is 4.44. The summed E-state index contributed by atoms with van der Waals surface area (Å²) in [4.78, 5) is 13.2. The summed E-state index contributed by atoms with van der Waals surface area (Å²) in [6.07, 6.45) is 2.03. The minimum absolute atomic E-state index is 0.375. The summed E-state index contributed by atoms with van der Waals surface area (Å²) in [5.74, 6) is -0.857. The van der Waals surface area contributed by atoms with Crippen LogP contribution in [0.3, 0.4) is 0 Å². The van der Waals surface area contributed by atoms with Crippen LogP contribution in [0.1, 0.15) is 29.3 Å². The molecule has 2 rings (SSSR count). The average molecular weight is 249 g/mol. The maximum atomic E-state index is 10.9. The predicted molar refractivity (Wildman–Crippen MR) is 70.4 cm³/mol. The first kappa shape index (κ1) is 12.9. The van der Waals surface area contributed by atoms with Crippen molar-refractivity contribution in [2.75, 3.05) is 31.2 Å². The fourth-order valence-electron chi connectivity index (χ4n) is 2.36. The fourth-order valence-corrected chi connectivity index (χ4v) is 2.36. The Morgan fingerprint density at radius 2 is 2.33 bits per heavy atom. The molecule has 0 aromatic heterocycles. The van der Waals surface area contributed by atoms with Gasteiger partial charge in [0.1, 0.15) is 0 Å². The van der Waals surface area contributed by atoms with Crippen molar-refractivity contribution in [2.24, 2.45) is 0 Å². The van der Waals surface area contributed by atoms with Crippen LogP contribution in [-0.2, 0) is 11.2 Å². The number of aromatic carboxylic acids is 1. The predicted octanol–water partition coefficient (Wildman–Crippen LogP) is 2.17. The monoisotopic (exact) mass is 249 g/mol. The number of nitrogens with zero attached hydrogens (tertiary/aromatic N) is 1. The van der Waals surface area contributed by atoms with E-state index in [0.717, 1.165) is 50.4 Å². The molecule has 0 saturated carbocycles. The number of hydrogen-bond acceptors (Lipinski definition) is 3. The number of fused-ring (bicyclic) bond motifs is 1. The Labute approximate surface area is 107 Å². The van der Waals surface area contributed by atoms with Crippen molar-refractivity contribution in [3.05, 3.63) is 29.3 Å². The topological polar surface area (TPSA) is 49.8 Å². The Hall–Kier alpha value is -1.55. The van der Waals surface area contributed by atoms with Gasteiger partial charge >= 0.3 is 5.97 Å². The molecule has 4 heteroatoms. The molecule has 1 heterocycles. The Bertz CT molecular complexity index is 431. The summed E-state index contributed by atoms with van der Waals surface area (Å²) in [6.45, 7) is 5.33. The summed E-state index contributed by atoms with van der Waals surface area (Å²) >= 11 is 0. The molecule has 4 nitrogen and oxygen atoms in total. The van der Waals surface area contributed by atoms with Crippen LogP contribution in [0.25, 0.3) is 0 Å². The normalized spacial score (nSPS) is 14.4. The molecule has 0 fully saturated rings. The van der Waals surface area contributed by atoms with Crippen molar-refractivity contribution in [1.29, 1.82) is 0 Å². The van der Waals surface area contributed by atoms with E-state index in [9.17, 15) is 4.79 Å². The minimum atomic E-state index is -0.857. The van der Waals surface area contributed by atoms with Crippen LogP contribution in [0.5, 0.6) is 0 Å². The maximum absolute atomic E-state index is 10.9. The molecule has 1 N–H and O–H groups in total. The van der Waals surface area contributed by atoms with Crippen molar-refractivity contribution in [1.82, 2.24) is 0 Å². The van der Waals surface area contributed by atoms with Gasteiger partial charge in [0.05, 0.1) is 12.2 Å². The smallest absolute Gasteiger partial charge is 0.335 e. The molecule has 1 aliphatic heterocycles. The van der Waals surface area contributed by atoms with Crippen LogP contribution < -0.4 is 4.90 Å². The van der Waals surface area contributed by atoms with Gasteiger partial charge in [0, 0.05) is 25.4 Å². The lowest BCUT2D eigenvalue weighted by atomic mass is 9.99. The summed E-state index contributed by atoms with van der Waals surface area (Å²) in [5, 5.41) is 8.99. The van der Waals surface area contributed by atoms with Gasteiger partial charge in [0.15, 0.2) is 0 Å². The number of aryl methyl sites for hydroxylation is 1. The molecule has 0 saturated heterocycles. The third-order valence-corrected chi connectivity index (χ3v) is 3.25. The van der Waals surface area contributed by atoms with Gasteiger partial charge in [0.2, 0.25) is 0 Å². The molecule has 0 amide bonds. The van der Waals surface area contributed by atoms with Gasteiger partial charge in [-0.15, -0.1) is 0 Å². The van der Waals surface area contributed by atoms with E-state index in [1.54, 1.807) is 12.1 Å². The zero-order valence-corrected chi connectivity index (χ0v) is 10.7. The number of hydrogen-bond donors (Lipinski definition) is 1. The van der Waals surface area contributed by atoms with E-state index in [0.29, 0.717) is 5.56 Å². The fraction of sp³-hybridized carbons (Fsp3) is 0.500. The number of carboxylic acid groups (broad SMARTS) is 1. The van der Waals surface area contributed by atoms with Gasteiger partial charge in [-0.2, -0.15) is 0 Å². The van der Waals surface area contributed by atoms with Gasteiger partial charge < -0.3 is 14.7 Å². The molecule has 1 aliphatic rings. The highest BCUT2D eigenvalue weighted by Crippen LogP contribution is 2.27. The summed E-state index contributed by atoms with van der Waals surface area (Å²) < 4.78 is 5.38. The van der Waals surface area contributed by atoms with Crippen LogP contribution in [0, 0.1) is 0 Å². The number of carbonyl (C=O) groups is 1. The molecule has 0 bridgehead atoms. The van der Waals surface area contributed by atoms with Gasteiger partial charge in [0.25, 0.3) is 0 Å². The number of ether oxygens (including phenoxy) is 1. The Kier molecular flexibility index (Phi) is 4.20. The van der Waals surface area contributed by atoms with E-state index in [1.165, 1.54) is 0 Å². The van der Waals surface area contributed by atoms with Gasteiger partial charge in [-0.1, -0.05) is 0 Å². The first-order chi connectivity index (χ1) is 8.72. The lowest BCUT2D eigenvalue weighted by molar-refractivity contribution is 0.0696. The molecule has 18 heavy (non-hydrogen) atoms. The van der Waals surface area contributed by atoms with Crippen LogP contribution in [0.2, 0.25) is 0 Å². The highest BCUT2D eigenvalue weighted by molar-refractivity contribution is 5.88. The van der Waals surface area contributed by atoms with Crippen molar-refractivity contribution in [3.8, 4) is 0 Å². The Morgan fingerprint density at radius 1 is 1.50 bits per heavy atom. The first-order valence-corrected chi connectivity index (χ1v) is 6.41. The molecule has 0 spiro atoms. The summed E-state index contributed by atoms with van der Waals surface area (Å²) in [6, 6.07) is 5.40. The molecule has 1 aromatic rings. The van der Waals surface area contributed by atoms with E-state index in [1.807, 2.05) is 13.0 Å².